The second-order valence-electron chi connectivity index (χ2n) is 4.68. The lowest BCUT2D eigenvalue weighted by Gasteiger charge is -2.28. The number of carbonyl (C=O) groups is 1. The minimum atomic E-state index is -0.859. The van der Waals surface area contributed by atoms with Gasteiger partial charge in [0.1, 0.15) is 0 Å². The third kappa shape index (κ3) is 4.36. The Labute approximate surface area is 91.8 Å². The lowest BCUT2D eigenvalue weighted by atomic mass is 10.1. The van der Waals surface area contributed by atoms with E-state index >= 15 is 0 Å². The Bertz CT molecular complexity index is 230. The first-order valence-electron chi connectivity index (χ1n) is 5.76. The molecule has 0 amide bonds. The summed E-state index contributed by atoms with van der Waals surface area (Å²) in [5.41, 5.74) is 0. The predicted octanol–water partition coefficient (Wildman–Crippen LogP) is 2.49. The van der Waals surface area contributed by atoms with E-state index in [0.717, 1.165) is 6.54 Å². The molecule has 3 heteroatoms. The number of hydrogen-bond donors (Lipinski definition) is 1. The normalized spacial score (nSPS) is 17.8. The highest BCUT2D eigenvalue weighted by Crippen LogP contribution is 2.24. The van der Waals surface area contributed by atoms with Crippen molar-refractivity contribution in [3.8, 4) is 0 Å². The number of rotatable bonds is 5. The Kier molecular flexibility index (Phi) is 4.66. The first-order valence-corrected chi connectivity index (χ1v) is 5.76. The fourth-order valence-corrected chi connectivity index (χ4v) is 2.15. The zero-order valence-electron chi connectivity index (χ0n) is 9.65. The molecule has 0 heterocycles. The molecule has 0 bridgehead atoms. The van der Waals surface area contributed by atoms with Gasteiger partial charge in [-0.1, -0.05) is 26.7 Å². The van der Waals surface area contributed by atoms with Crippen LogP contribution in [0.1, 0.15) is 39.5 Å². The molecule has 3 nitrogen and oxygen atoms in total. The van der Waals surface area contributed by atoms with E-state index in [1.807, 2.05) is 0 Å². The summed E-state index contributed by atoms with van der Waals surface area (Å²) in [5.74, 6) is -0.286. The molecular formula is C12H21NO2. The highest BCUT2D eigenvalue weighted by Gasteiger charge is 2.20. The molecule has 0 aromatic rings. The van der Waals surface area contributed by atoms with Crippen molar-refractivity contribution >= 4 is 5.97 Å². The van der Waals surface area contributed by atoms with Gasteiger partial charge in [-0.25, -0.2) is 4.79 Å². The standard InChI is InChI=1S/C12H21NO2/c1-10(2)9-13(8-7-12(14)15)11-5-3-4-6-11/h7-8,10-11H,3-6,9H2,1-2H3,(H,14,15). The van der Waals surface area contributed by atoms with E-state index in [-0.39, 0.29) is 0 Å². The van der Waals surface area contributed by atoms with Crippen LogP contribution >= 0.6 is 0 Å². The Morgan fingerprint density at radius 2 is 2.07 bits per heavy atom. The number of carboxylic acid groups (broad SMARTS) is 1. The number of carboxylic acids is 1. The van der Waals surface area contributed by atoms with Gasteiger partial charge in [-0.05, 0) is 18.8 Å². The van der Waals surface area contributed by atoms with Gasteiger partial charge in [0.05, 0.1) is 0 Å². The molecule has 0 aliphatic heterocycles. The quantitative estimate of drug-likeness (QED) is 0.710. The Morgan fingerprint density at radius 1 is 1.47 bits per heavy atom. The van der Waals surface area contributed by atoms with Crippen molar-refractivity contribution in [3.05, 3.63) is 12.3 Å². The first kappa shape index (κ1) is 12.1. The Hall–Kier alpha value is -0.990. The molecule has 1 aliphatic carbocycles. The largest absolute Gasteiger partial charge is 0.478 e. The molecule has 0 atom stereocenters. The Balaban J connectivity index is 2.55. The molecule has 1 N–H and O–H groups in total. The summed E-state index contributed by atoms with van der Waals surface area (Å²) >= 11 is 0. The zero-order valence-corrected chi connectivity index (χ0v) is 9.65. The third-order valence-corrected chi connectivity index (χ3v) is 2.78. The third-order valence-electron chi connectivity index (χ3n) is 2.78. The molecule has 1 fully saturated rings. The SMILES string of the molecule is CC(C)CN(C=CC(=O)O)C1CCCC1. The van der Waals surface area contributed by atoms with E-state index < -0.39 is 5.97 Å². The van der Waals surface area contributed by atoms with Crippen LogP contribution in [0.4, 0.5) is 0 Å². The summed E-state index contributed by atoms with van der Waals surface area (Å²) in [6.07, 6.45) is 7.97. The Morgan fingerprint density at radius 3 is 2.53 bits per heavy atom. The maximum absolute atomic E-state index is 10.5. The summed E-state index contributed by atoms with van der Waals surface area (Å²) in [6.45, 7) is 5.28. The lowest BCUT2D eigenvalue weighted by molar-refractivity contribution is -0.131. The lowest BCUT2D eigenvalue weighted by Crippen LogP contribution is -2.31. The van der Waals surface area contributed by atoms with Crippen LogP contribution in [-0.4, -0.2) is 28.6 Å². The first-order chi connectivity index (χ1) is 7.09. The van der Waals surface area contributed by atoms with Crippen molar-refractivity contribution < 1.29 is 9.90 Å². The summed E-state index contributed by atoms with van der Waals surface area (Å²) in [6, 6.07) is 0.558. The van der Waals surface area contributed by atoms with Crippen molar-refractivity contribution in [2.24, 2.45) is 5.92 Å². The average molecular weight is 211 g/mol. The van der Waals surface area contributed by atoms with Crippen LogP contribution in [0.25, 0.3) is 0 Å². The van der Waals surface area contributed by atoms with Crippen molar-refractivity contribution in [2.75, 3.05) is 6.54 Å². The van der Waals surface area contributed by atoms with E-state index in [4.69, 9.17) is 5.11 Å². The molecule has 0 spiro atoms. The highest BCUT2D eigenvalue weighted by molar-refractivity contribution is 5.79. The highest BCUT2D eigenvalue weighted by atomic mass is 16.4. The second kappa shape index (κ2) is 5.79. The minimum absolute atomic E-state index is 0.558. The van der Waals surface area contributed by atoms with Gasteiger partial charge in [0.25, 0.3) is 0 Å². The van der Waals surface area contributed by atoms with Gasteiger partial charge < -0.3 is 10.0 Å². The van der Waals surface area contributed by atoms with Crippen molar-refractivity contribution in [3.63, 3.8) is 0 Å². The summed E-state index contributed by atoms with van der Waals surface area (Å²) in [4.78, 5) is 12.7. The van der Waals surface area contributed by atoms with E-state index in [1.165, 1.54) is 31.8 Å². The molecule has 0 aromatic heterocycles. The molecule has 0 aromatic carbocycles. The molecule has 0 radical (unpaired) electrons. The van der Waals surface area contributed by atoms with Gasteiger partial charge in [0.15, 0.2) is 0 Å². The summed E-state index contributed by atoms with van der Waals surface area (Å²) < 4.78 is 0. The topological polar surface area (TPSA) is 40.5 Å². The van der Waals surface area contributed by atoms with Crippen LogP contribution < -0.4 is 0 Å². The molecule has 1 rings (SSSR count). The van der Waals surface area contributed by atoms with Gasteiger partial charge in [-0.2, -0.15) is 0 Å². The molecule has 1 aliphatic rings. The van der Waals surface area contributed by atoms with E-state index in [1.54, 1.807) is 6.20 Å². The van der Waals surface area contributed by atoms with Gasteiger partial charge in [-0.15, -0.1) is 0 Å². The van der Waals surface area contributed by atoms with Gasteiger partial charge in [-0.3, -0.25) is 0 Å². The van der Waals surface area contributed by atoms with Crippen molar-refractivity contribution in [1.82, 2.24) is 4.90 Å². The molecule has 86 valence electrons. The number of hydrogen-bond acceptors (Lipinski definition) is 2. The van der Waals surface area contributed by atoms with Crippen LogP contribution in [0.5, 0.6) is 0 Å². The fourth-order valence-electron chi connectivity index (χ4n) is 2.15. The smallest absolute Gasteiger partial charge is 0.329 e. The maximum Gasteiger partial charge on any atom is 0.329 e. The number of nitrogens with zero attached hydrogens (tertiary/aromatic N) is 1. The summed E-state index contributed by atoms with van der Waals surface area (Å²) in [7, 11) is 0. The molecule has 15 heavy (non-hydrogen) atoms. The fraction of sp³-hybridized carbons (Fsp3) is 0.750. The van der Waals surface area contributed by atoms with Crippen LogP contribution in [0, 0.1) is 5.92 Å². The predicted molar refractivity (Wildman–Crippen MR) is 60.6 cm³/mol. The molecule has 0 unspecified atom stereocenters. The van der Waals surface area contributed by atoms with Gasteiger partial charge >= 0.3 is 5.97 Å². The van der Waals surface area contributed by atoms with E-state index in [9.17, 15) is 4.79 Å². The van der Waals surface area contributed by atoms with Gasteiger partial charge in [0, 0.05) is 24.9 Å². The van der Waals surface area contributed by atoms with E-state index in [2.05, 4.69) is 18.7 Å². The molecular weight excluding hydrogens is 190 g/mol. The molecule has 1 saturated carbocycles. The zero-order chi connectivity index (χ0) is 11.3. The van der Waals surface area contributed by atoms with E-state index in [0.29, 0.717) is 12.0 Å². The second-order valence-corrected chi connectivity index (χ2v) is 4.68. The van der Waals surface area contributed by atoms with Crippen LogP contribution in [-0.2, 0) is 4.79 Å². The average Bonchev–Trinajstić information content (AvgIpc) is 2.63. The maximum atomic E-state index is 10.5. The summed E-state index contributed by atoms with van der Waals surface area (Å²) in [5, 5.41) is 8.63. The molecule has 0 saturated heterocycles. The van der Waals surface area contributed by atoms with Crippen molar-refractivity contribution in [1.29, 1.82) is 0 Å². The van der Waals surface area contributed by atoms with Crippen molar-refractivity contribution in [2.45, 2.75) is 45.6 Å². The number of aliphatic carboxylic acids is 1. The monoisotopic (exact) mass is 211 g/mol. The van der Waals surface area contributed by atoms with Gasteiger partial charge in [0.2, 0.25) is 0 Å². The van der Waals surface area contributed by atoms with Crippen LogP contribution in [0.3, 0.4) is 0 Å². The van der Waals surface area contributed by atoms with Crippen LogP contribution in [0.15, 0.2) is 12.3 Å². The minimum Gasteiger partial charge on any atom is -0.478 e. The van der Waals surface area contributed by atoms with Crippen LogP contribution in [0.2, 0.25) is 0 Å².